The maximum Gasteiger partial charge on any atom is 0.231 e. The van der Waals surface area contributed by atoms with Gasteiger partial charge in [0.05, 0.1) is 9.52 Å². The molecule has 0 bridgehead atoms. The van der Waals surface area contributed by atoms with Crippen molar-refractivity contribution in [1.29, 1.82) is 0 Å². The van der Waals surface area contributed by atoms with E-state index in [0.29, 0.717) is 0 Å². The van der Waals surface area contributed by atoms with E-state index in [0.717, 1.165) is 0 Å². The standard InChI is InChI=1S/C9H18N2O2Si/c1-6-14-7(8(12)10(2)3)9(13)11(4)5/h6-7H,1,14H2,2-5H3. The SMILES string of the molecule is C=C[SiH2]C(C(=O)N(C)C)C(=O)N(C)C. The molecule has 0 saturated heterocycles. The van der Waals surface area contributed by atoms with E-state index in [-0.39, 0.29) is 11.8 Å². The van der Waals surface area contributed by atoms with Gasteiger partial charge in [0.15, 0.2) is 0 Å². The van der Waals surface area contributed by atoms with Gasteiger partial charge in [0, 0.05) is 28.2 Å². The van der Waals surface area contributed by atoms with Gasteiger partial charge in [-0.2, -0.15) is 0 Å². The highest BCUT2D eigenvalue weighted by Crippen LogP contribution is 2.10. The molecular weight excluding hydrogens is 196 g/mol. The molecule has 2 amide bonds. The molecule has 0 aliphatic carbocycles. The molecule has 0 N–H and O–H groups in total. The van der Waals surface area contributed by atoms with Crippen molar-refractivity contribution >= 4 is 21.3 Å². The van der Waals surface area contributed by atoms with Crippen molar-refractivity contribution in [3.8, 4) is 0 Å². The van der Waals surface area contributed by atoms with Crippen LogP contribution in [0.3, 0.4) is 0 Å². The number of rotatable bonds is 4. The summed E-state index contributed by atoms with van der Waals surface area (Å²) < 4.78 is 0. The number of hydrogen-bond donors (Lipinski definition) is 0. The zero-order valence-corrected chi connectivity index (χ0v) is 10.7. The average Bonchev–Trinajstić information content (AvgIpc) is 2.11. The summed E-state index contributed by atoms with van der Waals surface area (Å²) in [5.41, 5.74) is 1.24. The Bertz CT molecular complexity index is 219. The van der Waals surface area contributed by atoms with Crippen molar-refractivity contribution in [3.05, 3.63) is 12.3 Å². The second kappa shape index (κ2) is 5.59. The molecular formula is C9H18N2O2Si. The zero-order valence-electron chi connectivity index (χ0n) is 9.28. The van der Waals surface area contributed by atoms with E-state index in [9.17, 15) is 9.59 Å². The van der Waals surface area contributed by atoms with Gasteiger partial charge in [-0.1, -0.05) is 0 Å². The molecule has 0 radical (unpaired) electrons. The fourth-order valence-electron chi connectivity index (χ4n) is 1.10. The van der Waals surface area contributed by atoms with Crippen LogP contribution in [0.15, 0.2) is 12.3 Å². The molecule has 0 aromatic rings. The van der Waals surface area contributed by atoms with E-state index in [1.54, 1.807) is 33.9 Å². The van der Waals surface area contributed by atoms with Gasteiger partial charge in [-0.15, -0.1) is 12.3 Å². The first-order valence-electron chi connectivity index (χ1n) is 4.45. The number of nitrogens with zero attached hydrogens (tertiary/aromatic N) is 2. The quantitative estimate of drug-likeness (QED) is 0.457. The van der Waals surface area contributed by atoms with Crippen LogP contribution in [-0.4, -0.2) is 59.3 Å². The van der Waals surface area contributed by atoms with Crippen molar-refractivity contribution in [2.45, 2.75) is 5.54 Å². The summed E-state index contributed by atoms with van der Waals surface area (Å²) in [4.78, 5) is 26.2. The highest BCUT2D eigenvalue weighted by molar-refractivity contribution is 6.55. The molecule has 0 spiro atoms. The van der Waals surface area contributed by atoms with Crippen molar-refractivity contribution in [2.24, 2.45) is 0 Å². The Morgan fingerprint density at radius 1 is 1.14 bits per heavy atom. The van der Waals surface area contributed by atoms with Gasteiger partial charge in [0.1, 0.15) is 5.54 Å². The Kier molecular flexibility index (Phi) is 5.15. The molecule has 5 heteroatoms. The molecule has 0 fully saturated rings. The lowest BCUT2D eigenvalue weighted by Crippen LogP contribution is -2.39. The first-order chi connectivity index (χ1) is 6.41. The summed E-state index contributed by atoms with van der Waals surface area (Å²) in [5, 5.41) is 0. The van der Waals surface area contributed by atoms with E-state index < -0.39 is 15.1 Å². The first-order valence-corrected chi connectivity index (χ1v) is 6.08. The Labute approximate surface area is 87.4 Å². The van der Waals surface area contributed by atoms with Crippen LogP contribution in [0.4, 0.5) is 0 Å². The first kappa shape index (κ1) is 12.9. The minimum atomic E-state index is -0.863. The van der Waals surface area contributed by atoms with E-state index in [4.69, 9.17) is 0 Å². The number of carbonyl (C=O) groups is 2. The number of carbonyl (C=O) groups excluding carboxylic acids is 2. The predicted octanol–water partition coefficient (Wildman–Crippen LogP) is -0.736. The van der Waals surface area contributed by atoms with Crippen LogP contribution in [0, 0.1) is 0 Å². The second-order valence-corrected chi connectivity index (χ2v) is 5.41. The van der Waals surface area contributed by atoms with Gasteiger partial charge in [0.25, 0.3) is 0 Å². The average molecular weight is 214 g/mol. The van der Waals surface area contributed by atoms with Crippen LogP contribution < -0.4 is 0 Å². The highest BCUT2D eigenvalue weighted by atomic mass is 28.2. The molecule has 0 aromatic heterocycles. The lowest BCUT2D eigenvalue weighted by molar-refractivity contribution is -0.137. The minimum Gasteiger partial charge on any atom is -0.348 e. The van der Waals surface area contributed by atoms with Crippen LogP contribution in [0.25, 0.3) is 0 Å². The van der Waals surface area contributed by atoms with Crippen molar-refractivity contribution in [1.82, 2.24) is 9.80 Å². The fourth-order valence-corrected chi connectivity index (χ4v) is 2.56. The summed E-state index contributed by atoms with van der Waals surface area (Å²) in [6, 6.07) is 0. The molecule has 14 heavy (non-hydrogen) atoms. The summed E-state index contributed by atoms with van der Waals surface area (Å²) >= 11 is 0. The Balaban J connectivity index is 4.67. The molecule has 0 saturated carbocycles. The second-order valence-electron chi connectivity index (χ2n) is 3.54. The Morgan fingerprint density at radius 3 is 1.71 bits per heavy atom. The van der Waals surface area contributed by atoms with Crippen molar-refractivity contribution in [3.63, 3.8) is 0 Å². The van der Waals surface area contributed by atoms with Gasteiger partial charge in [-0.3, -0.25) is 9.59 Å². The Hall–Kier alpha value is -1.10. The lowest BCUT2D eigenvalue weighted by atomic mass is 10.3. The summed E-state index contributed by atoms with van der Waals surface area (Å²) in [5.74, 6) is -0.231. The maximum atomic E-state index is 11.6. The third-order valence-electron chi connectivity index (χ3n) is 1.88. The minimum absolute atomic E-state index is 0.115. The molecule has 0 aromatic carbocycles. The molecule has 4 nitrogen and oxygen atoms in total. The fraction of sp³-hybridized carbons (Fsp3) is 0.556. The highest BCUT2D eigenvalue weighted by Gasteiger charge is 2.27. The van der Waals surface area contributed by atoms with Crippen molar-refractivity contribution < 1.29 is 9.59 Å². The van der Waals surface area contributed by atoms with Gasteiger partial charge in [-0.25, -0.2) is 0 Å². The van der Waals surface area contributed by atoms with Gasteiger partial charge in [0.2, 0.25) is 11.8 Å². The molecule has 0 rings (SSSR count). The summed E-state index contributed by atoms with van der Waals surface area (Å²) in [7, 11) is 5.79. The lowest BCUT2D eigenvalue weighted by Gasteiger charge is -2.21. The van der Waals surface area contributed by atoms with Crippen LogP contribution in [0.2, 0.25) is 5.54 Å². The van der Waals surface area contributed by atoms with Gasteiger partial charge >= 0.3 is 0 Å². The topological polar surface area (TPSA) is 40.6 Å². The van der Waals surface area contributed by atoms with Gasteiger partial charge < -0.3 is 9.80 Å². The maximum absolute atomic E-state index is 11.6. The van der Waals surface area contributed by atoms with Crippen LogP contribution in [-0.2, 0) is 9.59 Å². The zero-order chi connectivity index (χ0) is 11.3. The third-order valence-corrected chi connectivity index (χ3v) is 3.38. The number of amides is 2. The van der Waals surface area contributed by atoms with Gasteiger partial charge in [-0.05, 0) is 0 Å². The molecule has 0 aliphatic heterocycles. The molecule has 0 heterocycles. The van der Waals surface area contributed by atoms with E-state index in [1.807, 2.05) is 0 Å². The molecule has 80 valence electrons. The largest absolute Gasteiger partial charge is 0.348 e. The van der Waals surface area contributed by atoms with Crippen LogP contribution in [0.5, 0.6) is 0 Å². The molecule has 0 atom stereocenters. The normalized spacial score (nSPS) is 10.6. The van der Waals surface area contributed by atoms with E-state index in [2.05, 4.69) is 6.58 Å². The van der Waals surface area contributed by atoms with Crippen LogP contribution in [0.1, 0.15) is 0 Å². The molecule has 0 unspecified atom stereocenters. The third kappa shape index (κ3) is 3.33. The van der Waals surface area contributed by atoms with E-state index >= 15 is 0 Å². The summed E-state index contributed by atoms with van der Waals surface area (Å²) in [6.07, 6.45) is 0. The summed E-state index contributed by atoms with van der Waals surface area (Å²) in [6.45, 7) is 3.60. The van der Waals surface area contributed by atoms with Crippen LogP contribution >= 0.6 is 0 Å². The molecule has 0 aliphatic rings. The predicted molar refractivity (Wildman–Crippen MR) is 59.9 cm³/mol. The number of hydrogen-bond acceptors (Lipinski definition) is 2. The smallest absolute Gasteiger partial charge is 0.231 e. The Morgan fingerprint density at radius 2 is 1.50 bits per heavy atom. The van der Waals surface area contributed by atoms with Crippen molar-refractivity contribution in [2.75, 3.05) is 28.2 Å². The van der Waals surface area contributed by atoms with E-state index in [1.165, 1.54) is 9.80 Å². The monoisotopic (exact) mass is 214 g/mol.